The van der Waals surface area contributed by atoms with Crippen molar-refractivity contribution in [3.63, 3.8) is 0 Å². The zero-order chi connectivity index (χ0) is 11.2. The Morgan fingerprint density at radius 2 is 2.25 bits per heavy atom. The molecule has 0 aliphatic carbocycles. The SMILES string of the molecule is CC1CC(O)(C2Cc3ccccc3N2)CS1. The van der Waals surface area contributed by atoms with E-state index >= 15 is 0 Å². The first-order valence-electron chi connectivity index (χ1n) is 5.86. The fourth-order valence-corrected chi connectivity index (χ4v) is 4.07. The van der Waals surface area contributed by atoms with Crippen LogP contribution in [0.1, 0.15) is 18.9 Å². The molecule has 3 heteroatoms. The van der Waals surface area contributed by atoms with E-state index in [1.54, 1.807) is 0 Å². The molecule has 2 heterocycles. The number of hydrogen-bond donors (Lipinski definition) is 2. The van der Waals surface area contributed by atoms with Crippen molar-refractivity contribution in [1.29, 1.82) is 0 Å². The van der Waals surface area contributed by atoms with E-state index in [1.807, 2.05) is 17.8 Å². The van der Waals surface area contributed by atoms with E-state index < -0.39 is 5.60 Å². The summed E-state index contributed by atoms with van der Waals surface area (Å²) >= 11 is 1.88. The average Bonchev–Trinajstić information content (AvgIpc) is 2.83. The van der Waals surface area contributed by atoms with Crippen molar-refractivity contribution in [1.82, 2.24) is 0 Å². The highest BCUT2D eigenvalue weighted by Gasteiger charge is 2.44. The second kappa shape index (κ2) is 3.67. The summed E-state index contributed by atoms with van der Waals surface area (Å²) in [7, 11) is 0. The van der Waals surface area contributed by atoms with Crippen LogP contribution in [0.3, 0.4) is 0 Å². The molecule has 0 bridgehead atoms. The van der Waals surface area contributed by atoms with Crippen LogP contribution in [0.2, 0.25) is 0 Å². The van der Waals surface area contributed by atoms with Gasteiger partial charge in [-0.15, -0.1) is 0 Å². The van der Waals surface area contributed by atoms with Crippen molar-refractivity contribution >= 4 is 17.4 Å². The van der Waals surface area contributed by atoms with E-state index in [0.29, 0.717) is 5.25 Å². The van der Waals surface area contributed by atoms with Crippen molar-refractivity contribution in [2.75, 3.05) is 11.1 Å². The predicted molar refractivity (Wildman–Crippen MR) is 69.0 cm³/mol. The van der Waals surface area contributed by atoms with E-state index in [2.05, 4.69) is 30.4 Å². The van der Waals surface area contributed by atoms with Gasteiger partial charge in [-0.2, -0.15) is 11.8 Å². The van der Waals surface area contributed by atoms with Crippen LogP contribution in [0, 0.1) is 0 Å². The summed E-state index contributed by atoms with van der Waals surface area (Å²) in [6.45, 7) is 2.20. The van der Waals surface area contributed by atoms with Crippen LogP contribution >= 0.6 is 11.8 Å². The Morgan fingerprint density at radius 3 is 2.94 bits per heavy atom. The van der Waals surface area contributed by atoms with Crippen LogP contribution in [-0.4, -0.2) is 27.8 Å². The first-order chi connectivity index (χ1) is 7.67. The summed E-state index contributed by atoms with van der Waals surface area (Å²) in [6.07, 6.45) is 1.86. The fraction of sp³-hybridized carbons (Fsp3) is 0.538. The van der Waals surface area contributed by atoms with Gasteiger partial charge in [0.15, 0.2) is 0 Å². The van der Waals surface area contributed by atoms with Crippen molar-refractivity contribution in [3.05, 3.63) is 29.8 Å². The average molecular weight is 235 g/mol. The topological polar surface area (TPSA) is 32.3 Å². The van der Waals surface area contributed by atoms with Crippen LogP contribution in [0.25, 0.3) is 0 Å². The summed E-state index contributed by atoms with van der Waals surface area (Å²) in [5, 5.41) is 14.7. The molecular formula is C13H17NOS. The molecule has 0 amide bonds. The Morgan fingerprint density at radius 1 is 1.44 bits per heavy atom. The number of hydrogen-bond acceptors (Lipinski definition) is 3. The molecule has 2 nitrogen and oxygen atoms in total. The third-order valence-corrected chi connectivity index (χ3v) is 5.08. The third-order valence-electron chi connectivity index (χ3n) is 3.68. The first-order valence-corrected chi connectivity index (χ1v) is 6.91. The maximum atomic E-state index is 10.7. The van der Waals surface area contributed by atoms with Crippen LogP contribution in [0.4, 0.5) is 5.69 Å². The molecule has 1 saturated heterocycles. The maximum absolute atomic E-state index is 10.7. The molecular weight excluding hydrogens is 218 g/mol. The number of rotatable bonds is 1. The minimum Gasteiger partial charge on any atom is -0.387 e. The molecule has 2 aliphatic heterocycles. The third kappa shape index (κ3) is 1.62. The number of thioether (sulfide) groups is 1. The van der Waals surface area contributed by atoms with Gasteiger partial charge >= 0.3 is 0 Å². The Kier molecular flexibility index (Phi) is 2.41. The molecule has 1 aromatic rings. The quantitative estimate of drug-likeness (QED) is 0.783. The van der Waals surface area contributed by atoms with Crippen LogP contribution in [0.15, 0.2) is 24.3 Å². The number of fused-ring (bicyclic) bond motifs is 1. The number of para-hydroxylation sites is 1. The lowest BCUT2D eigenvalue weighted by Crippen LogP contribution is -2.46. The molecule has 1 aromatic carbocycles. The lowest BCUT2D eigenvalue weighted by Gasteiger charge is -2.29. The molecule has 0 aromatic heterocycles. The second-order valence-electron chi connectivity index (χ2n) is 4.99. The standard InChI is InChI=1S/C13H17NOS/c1-9-7-13(15,8-16-9)12-6-10-4-2-3-5-11(10)14-12/h2-5,9,12,14-15H,6-8H2,1H3. The van der Waals surface area contributed by atoms with Crippen molar-refractivity contribution in [2.45, 2.75) is 36.7 Å². The van der Waals surface area contributed by atoms with Gasteiger partial charge in [-0.3, -0.25) is 0 Å². The van der Waals surface area contributed by atoms with Gasteiger partial charge in [0.05, 0.1) is 11.6 Å². The van der Waals surface area contributed by atoms with Gasteiger partial charge in [-0.25, -0.2) is 0 Å². The Balaban J connectivity index is 1.81. The minimum atomic E-state index is -0.525. The molecule has 3 unspecified atom stereocenters. The van der Waals surface area contributed by atoms with Gasteiger partial charge in [0, 0.05) is 16.7 Å². The van der Waals surface area contributed by atoms with Gasteiger partial charge in [0.2, 0.25) is 0 Å². The van der Waals surface area contributed by atoms with E-state index in [1.165, 1.54) is 11.3 Å². The highest BCUT2D eigenvalue weighted by Crippen LogP contribution is 2.41. The molecule has 0 spiro atoms. The van der Waals surface area contributed by atoms with Crippen molar-refractivity contribution < 1.29 is 5.11 Å². The molecule has 0 radical (unpaired) electrons. The Labute approximate surface area is 100 Å². The Hall–Kier alpha value is -0.670. The van der Waals surface area contributed by atoms with Gasteiger partial charge in [-0.05, 0) is 24.5 Å². The lowest BCUT2D eigenvalue weighted by molar-refractivity contribution is 0.0455. The molecule has 3 atom stereocenters. The maximum Gasteiger partial charge on any atom is 0.0951 e. The highest BCUT2D eigenvalue weighted by atomic mass is 32.2. The highest BCUT2D eigenvalue weighted by molar-refractivity contribution is 8.00. The molecule has 1 fully saturated rings. The number of aliphatic hydroxyl groups is 1. The second-order valence-corrected chi connectivity index (χ2v) is 6.41. The van der Waals surface area contributed by atoms with Crippen molar-refractivity contribution in [3.8, 4) is 0 Å². The number of anilines is 1. The van der Waals surface area contributed by atoms with E-state index in [-0.39, 0.29) is 6.04 Å². The van der Waals surface area contributed by atoms with Gasteiger partial charge in [0.1, 0.15) is 0 Å². The van der Waals surface area contributed by atoms with Crippen LogP contribution in [-0.2, 0) is 6.42 Å². The van der Waals surface area contributed by atoms with Crippen LogP contribution in [0.5, 0.6) is 0 Å². The summed E-state index contributed by atoms with van der Waals surface area (Å²) in [5.74, 6) is 0.861. The zero-order valence-corrected chi connectivity index (χ0v) is 10.3. The smallest absolute Gasteiger partial charge is 0.0951 e. The van der Waals surface area contributed by atoms with Crippen molar-refractivity contribution in [2.24, 2.45) is 0 Å². The molecule has 86 valence electrons. The number of nitrogens with one attached hydrogen (secondary N) is 1. The monoisotopic (exact) mass is 235 g/mol. The summed E-state index contributed by atoms with van der Waals surface area (Å²) < 4.78 is 0. The van der Waals surface area contributed by atoms with Crippen LogP contribution < -0.4 is 5.32 Å². The first kappa shape index (κ1) is 10.5. The van der Waals surface area contributed by atoms with E-state index in [4.69, 9.17) is 0 Å². The fourth-order valence-electron chi connectivity index (χ4n) is 2.77. The molecule has 0 saturated carbocycles. The normalized spacial score (nSPS) is 37.1. The molecule has 16 heavy (non-hydrogen) atoms. The summed E-state index contributed by atoms with van der Waals surface area (Å²) in [6, 6.07) is 8.56. The van der Waals surface area contributed by atoms with E-state index in [0.717, 1.165) is 18.6 Å². The number of benzene rings is 1. The van der Waals surface area contributed by atoms with Gasteiger partial charge in [0.25, 0.3) is 0 Å². The largest absolute Gasteiger partial charge is 0.387 e. The summed E-state index contributed by atoms with van der Waals surface area (Å²) in [4.78, 5) is 0. The van der Waals surface area contributed by atoms with E-state index in [9.17, 15) is 5.11 Å². The summed E-state index contributed by atoms with van der Waals surface area (Å²) in [5.41, 5.74) is 2.01. The van der Waals surface area contributed by atoms with Gasteiger partial charge in [-0.1, -0.05) is 25.1 Å². The molecule has 3 rings (SSSR count). The molecule has 2 aliphatic rings. The Bertz CT molecular complexity index is 384. The predicted octanol–water partition coefficient (Wildman–Crippen LogP) is 2.28. The molecule has 2 N–H and O–H groups in total. The lowest BCUT2D eigenvalue weighted by atomic mass is 9.89. The van der Waals surface area contributed by atoms with Gasteiger partial charge < -0.3 is 10.4 Å². The minimum absolute atomic E-state index is 0.197. The zero-order valence-electron chi connectivity index (χ0n) is 9.44.